The number of piperidine rings is 1. The Morgan fingerprint density at radius 1 is 1.47 bits per heavy atom. The summed E-state index contributed by atoms with van der Waals surface area (Å²) in [6, 6.07) is 0. The van der Waals surface area contributed by atoms with E-state index in [4.69, 9.17) is 4.74 Å². The third-order valence-electron chi connectivity index (χ3n) is 4.36. The first-order valence-corrected chi connectivity index (χ1v) is 7.60. The molecule has 1 saturated heterocycles. The van der Waals surface area contributed by atoms with Crippen LogP contribution in [0.5, 0.6) is 0 Å². The molecule has 0 bridgehead atoms. The Kier molecular flexibility index (Phi) is 6.74. The number of nitrogens with one attached hydrogen (secondary N) is 1. The molecule has 4 nitrogen and oxygen atoms in total. The summed E-state index contributed by atoms with van der Waals surface area (Å²) >= 11 is 0. The lowest BCUT2D eigenvalue weighted by Crippen LogP contribution is -2.52. The minimum Gasteiger partial charge on any atom is -0.394 e. The highest BCUT2D eigenvalue weighted by Gasteiger charge is 2.32. The van der Waals surface area contributed by atoms with E-state index in [1.807, 2.05) is 7.11 Å². The standard InChI is InChI=1S/C15H32N2O2/c1-5-9-16-14(2,13-18)8-11-17-10-6-7-15(3,12-17)19-4/h16,18H,5-13H2,1-4H3. The van der Waals surface area contributed by atoms with E-state index in [-0.39, 0.29) is 17.7 Å². The van der Waals surface area contributed by atoms with Gasteiger partial charge >= 0.3 is 0 Å². The first-order valence-electron chi connectivity index (χ1n) is 7.60. The summed E-state index contributed by atoms with van der Waals surface area (Å²) in [4.78, 5) is 2.47. The summed E-state index contributed by atoms with van der Waals surface area (Å²) in [6.07, 6.45) is 4.41. The maximum Gasteiger partial charge on any atom is 0.0777 e. The van der Waals surface area contributed by atoms with Gasteiger partial charge in [0, 0.05) is 25.7 Å². The topological polar surface area (TPSA) is 44.7 Å². The van der Waals surface area contributed by atoms with Crippen molar-refractivity contribution in [2.24, 2.45) is 0 Å². The zero-order chi connectivity index (χ0) is 14.4. The van der Waals surface area contributed by atoms with E-state index >= 15 is 0 Å². The lowest BCUT2D eigenvalue weighted by Gasteiger charge is -2.41. The van der Waals surface area contributed by atoms with Crippen molar-refractivity contribution < 1.29 is 9.84 Å². The van der Waals surface area contributed by atoms with Gasteiger partial charge in [-0.25, -0.2) is 0 Å². The fourth-order valence-corrected chi connectivity index (χ4v) is 2.72. The molecule has 0 saturated carbocycles. The Morgan fingerprint density at radius 2 is 2.21 bits per heavy atom. The van der Waals surface area contributed by atoms with E-state index in [2.05, 4.69) is 31.0 Å². The van der Waals surface area contributed by atoms with E-state index in [9.17, 15) is 5.11 Å². The van der Waals surface area contributed by atoms with Crippen molar-refractivity contribution in [1.29, 1.82) is 0 Å². The van der Waals surface area contributed by atoms with Crippen LogP contribution in [0, 0.1) is 0 Å². The molecule has 0 aromatic rings. The fraction of sp³-hybridized carbons (Fsp3) is 1.00. The zero-order valence-electron chi connectivity index (χ0n) is 13.2. The maximum atomic E-state index is 9.58. The van der Waals surface area contributed by atoms with Crippen molar-refractivity contribution in [3.63, 3.8) is 0 Å². The first-order chi connectivity index (χ1) is 8.97. The molecule has 2 atom stereocenters. The summed E-state index contributed by atoms with van der Waals surface area (Å²) in [5.41, 5.74) is -0.151. The number of nitrogens with zero attached hydrogens (tertiary/aromatic N) is 1. The fourth-order valence-electron chi connectivity index (χ4n) is 2.72. The van der Waals surface area contributed by atoms with E-state index in [0.29, 0.717) is 0 Å². The lowest BCUT2D eigenvalue weighted by atomic mass is 9.93. The molecule has 0 aromatic heterocycles. The van der Waals surface area contributed by atoms with Crippen molar-refractivity contribution in [1.82, 2.24) is 10.2 Å². The molecule has 114 valence electrons. The smallest absolute Gasteiger partial charge is 0.0777 e. The molecule has 1 aliphatic rings. The largest absolute Gasteiger partial charge is 0.394 e. The van der Waals surface area contributed by atoms with Crippen LogP contribution in [0.4, 0.5) is 0 Å². The van der Waals surface area contributed by atoms with Crippen molar-refractivity contribution in [3.8, 4) is 0 Å². The van der Waals surface area contributed by atoms with Gasteiger partial charge in [-0.3, -0.25) is 0 Å². The van der Waals surface area contributed by atoms with E-state index in [1.165, 1.54) is 6.42 Å². The van der Waals surface area contributed by atoms with Crippen molar-refractivity contribution in [3.05, 3.63) is 0 Å². The van der Waals surface area contributed by atoms with Crippen LogP contribution in [0.1, 0.15) is 46.5 Å². The monoisotopic (exact) mass is 272 g/mol. The van der Waals surface area contributed by atoms with Crippen LogP contribution in [0.15, 0.2) is 0 Å². The number of ether oxygens (including phenoxy) is 1. The summed E-state index contributed by atoms with van der Waals surface area (Å²) in [5.74, 6) is 0. The van der Waals surface area contributed by atoms with Gasteiger partial charge in [-0.2, -0.15) is 0 Å². The van der Waals surface area contributed by atoms with Crippen molar-refractivity contribution in [2.75, 3.05) is 39.9 Å². The molecule has 1 heterocycles. The van der Waals surface area contributed by atoms with Gasteiger partial charge in [0.25, 0.3) is 0 Å². The van der Waals surface area contributed by atoms with E-state index in [1.54, 1.807) is 0 Å². The highest BCUT2D eigenvalue weighted by molar-refractivity contribution is 4.88. The Balaban J connectivity index is 2.41. The second-order valence-corrected chi connectivity index (χ2v) is 6.43. The van der Waals surface area contributed by atoms with Crippen molar-refractivity contribution >= 4 is 0 Å². The number of rotatable bonds is 8. The molecule has 1 rings (SSSR count). The molecule has 0 spiro atoms. The van der Waals surface area contributed by atoms with Crippen molar-refractivity contribution in [2.45, 2.75) is 57.6 Å². The first kappa shape index (κ1) is 16.9. The van der Waals surface area contributed by atoms with Gasteiger partial charge in [0.1, 0.15) is 0 Å². The summed E-state index contributed by atoms with van der Waals surface area (Å²) < 4.78 is 5.63. The highest BCUT2D eigenvalue weighted by Crippen LogP contribution is 2.24. The van der Waals surface area contributed by atoms with Gasteiger partial charge in [-0.1, -0.05) is 6.92 Å². The summed E-state index contributed by atoms with van der Waals surface area (Å²) in [7, 11) is 1.81. The Morgan fingerprint density at radius 3 is 2.79 bits per heavy atom. The molecule has 1 aliphatic heterocycles. The average molecular weight is 272 g/mol. The molecule has 0 aromatic carbocycles. The number of methoxy groups -OCH3 is 1. The van der Waals surface area contributed by atoms with Crippen LogP contribution >= 0.6 is 0 Å². The second-order valence-electron chi connectivity index (χ2n) is 6.43. The maximum absolute atomic E-state index is 9.58. The molecule has 0 aliphatic carbocycles. The van der Waals surface area contributed by atoms with Gasteiger partial charge in [0.05, 0.1) is 12.2 Å². The molecule has 19 heavy (non-hydrogen) atoms. The van der Waals surface area contributed by atoms with E-state index in [0.717, 1.165) is 45.4 Å². The highest BCUT2D eigenvalue weighted by atomic mass is 16.5. The molecule has 2 unspecified atom stereocenters. The third-order valence-corrected chi connectivity index (χ3v) is 4.36. The number of aliphatic hydroxyl groups is 1. The van der Waals surface area contributed by atoms with Crippen LogP contribution in [0.25, 0.3) is 0 Å². The van der Waals surface area contributed by atoms with Gasteiger partial charge in [0.2, 0.25) is 0 Å². The average Bonchev–Trinajstić information content (AvgIpc) is 2.43. The number of hydrogen-bond donors (Lipinski definition) is 2. The minimum atomic E-state index is -0.156. The van der Waals surface area contributed by atoms with E-state index < -0.39 is 0 Å². The second kappa shape index (κ2) is 7.58. The molecule has 2 N–H and O–H groups in total. The normalized spacial score (nSPS) is 28.3. The summed E-state index contributed by atoms with van der Waals surface area (Å²) in [6.45, 7) is 10.8. The Labute approximate surface area is 118 Å². The zero-order valence-corrected chi connectivity index (χ0v) is 13.2. The third kappa shape index (κ3) is 5.38. The van der Waals surface area contributed by atoms with Gasteiger partial charge in [0.15, 0.2) is 0 Å². The predicted octanol–water partition coefficient (Wildman–Crippen LogP) is 1.63. The van der Waals surface area contributed by atoms with Gasteiger partial charge < -0.3 is 20.1 Å². The SMILES string of the molecule is CCCNC(C)(CO)CCN1CCCC(C)(OC)C1. The lowest BCUT2D eigenvalue weighted by molar-refractivity contribution is -0.0525. The number of aliphatic hydroxyl groups excluding tert-OH is 1. The molecular formula is C15H32N2O2. The molecule has 1 fully saturated rings. The van der Waals surface area contributed by atoms with Gasteiger partial charge in [-0.15, -0.1) is 0 Å². The van der Waals surface area contributed by atoms with Crippen LogP contribution in [-0.4, -0.2) is 61.0 Å². The number of hydrogen-bond acceptors (Lipinski definition) is 4. The Bertz CT molecular complexity index is 263. The summed E-state index contributed by atoms with van der Waals surface area (Å²) in [5, 5.41) is 13.0. The molecule has 0 amide bonds. The number of likely N-dealkylation sites (tertiary alicyclic amines) is 1. The Hall–Kier alpha value is -0.160. The van der Waals surface area contributed by atoms with Crippen LogP contribution < -0.4 is 5.32 Å². The van der Waals surface area contributed by atoms with Crippen LogP contribution in [-0.2, 0) is 4.74 Å². The molecule has 0 radical (unpaired) electrons. The van der Waals surface area contributed by atoms with Crippen LogP contribution in [0.3, 0.4) is 0 Å². The molecular weight excluding hydrogens is 240 g/mol. The quantitative estimate of drug-likeness (QED) is 0.705. The van der Waals surface area contributed by atoms with Gasteiger partial charge in [-0.05, 0) is 52.6 Å². The molecule has 4 heteroatoms. The van der Waals surface area contributed by atoms with Crippen LogP contribution in [0.2, 0.25) is 0 Å². The minimum absolute atomic E-state index is 0.00468. The predicted molar refractivity (Wildman–Crippen MR) is 79.5 cm³/mol.